The Morgan fingerprint density at radius 2 is 1.84 bits per heavy atom. The summed E-state index contributed by atoms with van der Waals surface area (Å²) in [5, 5.41) is 0. The minimum Gasteiger partial charge on any atom is -0.298 e. The van der Waals surface area contributed by atoms with Crippen molar-refractivity contribution in [1.82, 2.24) is 4.90 Å². The van der Waals surface area contributed by atoms with Gasteiger partial charge in [-0.05, 0) is 37.6 Å². The van der Waals surface area contributed by atoms with Crippen LogP contribution in [-0.4, -0.2) is 30.3 Å². The first-order valence-corrected chi connectivity index (χ1v) is 7.11. The molecule has 1 aromatic carbocycles. The Bertz CT molecular complexity index is 409. The van der Waals surface area contributed by atoms with Gasteiger partial charge >= 0.3 is 0 Å². The molecule has 104 valence electrons. The second-order valence-electron chi connectivity index (χ2n) is 5.55. The minimum atomic E-state index is -0.254. The number of ketones is 1. The maximum Gasteiger partial charge on any atom is 0.151 e. The molecule has 0 saturated heterocycles. The molecule has 0 aliphatic heterocycles. The van der Waals surface area contributed by atoms with Gasteiger partial charge in [0.15, 0.2) is 5.78 Å². The van der Waals surface area contributed by atoms with Crippen LogP contribution in [0.2, 0.25) is 0 Å². The Balaban J connectivity index is 1.81. The summed E-state index contributed by atoms with van der Waals surface area (Å²) in [6.07, 6.45) is 6.70. The van der Waals surface area contributed by atoms with E-state index >= 15 is 0 Å². The monoisotopic (exact) mass is 263 g/mol. The van der Waals surface area contributed by atoms with Crippen molar-refractivity contribution < 1.29 is 9.18 Å². The molecule has 1 aromatic rings. The Morgan fingerprint density at radius 3 is 2.47 bits per heavy atom. The van der Waals surface area contributed by atoms with Crippen molar-refractivity contribution in [3.8, 4) is 0 Å². The fourth-order valence-electron chi connectivity index (χ4n) is 2.81. The van der Waals surface area contributed by atoms with E-state index in [4.69, 9.17) is 0 Å². The predicted molar refractivity (Wildman–Crippen MR) is 74.6 cm³/mol. The Hall–Kier alpha value is -1.22. The molecule has 2 rings (SSSR count). The van der Waals surface area contributed by atoms with E-state index in [1.807, 2.05) is 7.05 Å². The van der Waals surface area contributed by atoms with Crippen molar-refractivity contribution in [2.24, 2.45) is 0 Å². The number of carbonyl (C=O) groups is 1. The molecule has 1 aliphatic carbocycles. The maximum atomic E-state index is 12.8. The number of benzene rings is 1. The third-order valence-electron chi connectivity index (χ3n) is 3.94. The van der Waals surface area contributed by atoms with Crippen LogP contribution in [0.15, 0.2) is 24.3 Å². The summed E-state index contributed by atoms with van der Waals surface area (Å²) in [5.41, 5.74) is 0.892. The summed E-state index contributed by atoms with van der Waals surface area (Å²) in [6, 6.07) is 6.76. The highest BCUT2D eigenvalue weighted by atomic mass is 19.1. The van der Waals surface area contributed by atoms with Gasteiger partial charge in [-0.3, -0.25) is 9.69 Å². The summed E-state index contributed by atoms with van der Waals surface area (Å²) in [4.78, 5) is 14.2. The molecule has 0 heterocycles. The van der Waals surface area contributed by atoms with Gasteiger partial charge in [0.05, 0.1) is 6.54 Å². The molecule has 0 aromatic heterocycles. The number of likely N-dealkylation sites (N-methyl/N-ethyl adjacent to an activating group) is 1. The Morgan fingerprint density at radius 1 is 1.21 bits per heavy atom. The highest BCUT2D eigenvalue weighted by Crippen LogP contribution is 2.21. The SMILES string of the molecule is CN(CC(=O)Cc1ccc(F)cc1)C1CCCCC1. The minimum absolute atomic E-state index is 0.208. The molecule has 0 unspecified atom stereocenters. The first kappa shape index (κ1) is 14.2. The molecule has 1 fully saturated rings. The highest BCUT2D eigenvalue weighted by molar-refractivity contribution is 5.82. The van der Waals surface area contributed by atoms with Crippen LogP contribution in [0.5, 0.6) is 0 Å². The van der Waals surface area contributed by atoms with Crippen LogP contribution in [0.4, 0.5) is 4.39 Å². The van der Waals surface area contributed by atoms with Crippen molar-refractivity contribution in [2.75, 3.05) is 13.6 Å². The topological polar surface area (TPSA) is 20.3 Å². The van der Waals surface area contributed by atoms with Gasteiger partial charge in [0.1, 0.15) is 5.82 Å². The lowest BCUT2D eigenvalue weighted by atomic mass is 9.94. The molecular formula is C16H22FNO. The number of Topliss-reactive ketones (excluding diaryl/α,β-unsaturated/α-hetero) is 1. The van der Waals surface area contributed by atoms with E-state index in [0.717, 1.165) is 5.56 Å². The smallest absolute Gasteiger partial charge is 0.151 e. The Kier molecular flexibility index (Phi) is 5.08. The van der Waals surface area contributed by atoms with E-state index in [0.29, 0.717) is 19.0 Å². The predicted octanol–water partition coefficient (Wildman–Crippen LogP) is 3.20. The molecule has 0 bridgehead atoms. The van der Waals surface area contributed by atoms with Crippen LogP contribution in [-0.2, 0) is 11.2 Å². The molecule has 0 radical (unpaired) electrons. The number of hydrogen-bond donors (Lipinski definition) is 0. The van der Waals surface area contributed by atoms with Gasteiger partial charge < -0.3 is 0 Å². The largest absolute Gasteiger partial charge is 0.298 e. The summed E-state index contributed by atoms with van der Waals surface area (Å²) < 4.78 is 12.8. The molecule has 1 aliphatic rings. The zero-order valence-corrected chi connectivity index (χ0v) is 11.6. The van der Waals surface area contributed by atoms with E-state index in [-0.39, 0.29) is 11.6 Å². The van der Waals surface area contributed by atoms with Gasteiger partial charge in [-0.25, -0.2) is 4.39 Å². The van der Waals surface area contributed by atoms with Gasteiger partial charge in [0.2, 0.25) is 0 Å². The van der Waals surface area contributed by atoms with Gasteiger partial charge in [0, 0.05) is 12.5 Å². The fourth-order valence-corrected chi connectivity index (χ4v) is 2.81. The van der Waals surface area contributed by atoms with Crippen molar-refractivity contribution in [3.05, 3.63) is 35.6 Å². The van der Waals surface area contributed by atoms with Gasteiger partial charge in [-0.1, -0.05) is 31.4 Å². The molecule has 0 spiro atoms. The molecular weight excluding hydrogens is 241 g/mol. The second-order valence-corrected chi connectivity index (χ2v) is 5.55. The third-order valence-corrected chi connectivity index (χ3v) is 3.94. The van der Waals surface area contributed by atoms with Crippen molar-refractivity contribution >= 4 is 5.78 Å². The van der Waals surface area contributed by atoms with Crippen LogP contribution in [0, 0.1) is 5.82 Å². The van der Waals surface area contributed by atoms with Crippen LogP contribution >= 0.6 is 0 Å². The average Bonchev–Trinajstić information content (AvgIpc) is 2.42. The van der Waals surface area contributed by atoms with Gasteiger partial charge in [-0.2, -0.15) is 0 Å². The molecule has 19 heavy (non-hydrogen) atoms. The van der Waals surface area contributed by atoms with Crippen LogP contribution in [0.25, 0.3) is 0 Å². The lowest BCUT2D eigenvalue weighted by Gasteiger charge is -2.30. The normalized spacial score (nSPS) is 16.8. The summed E-state index contributed by atoms with van der Waals surface area (Å²) in [7, 11) is 2.04. The second kappa shape index (κ2) is 6.80. The zero-order valence-electron chi connectivity index (χ0n) is 11.6. The van der Waals surface area contributed by atoms with Crippen molar-refractivity contribution in [2.45, 2.75) is 44.6 Å². The number of carbonyl (C=O) groups excluding carboxylic acids is 1. The van der Waals surface area contributed by atoms with E-state index < -0.39 is 0 Å². The van der Waals surface area contributed by atoms with E-state index in [1.165, 1.54) is 44.2 Å². The summed E-state index contributed by atoms with van der Waals surface area (Å²) in [6.45, 7) is 0.502. The number of halogens is 1. The van der Waals surface area contributed by atoms with Gasteiger partial charge in [0.25, 0.3) is 0 Å². The highest BCUT2D eigenvalue weighted by Gasteiger charge is 2.19. The number of hydrogen-bond acceptors (Lipinski definition) is 2. The number of nitrogens with zero attached hydrogens (tertiary/aromatic N) is 1. The molecule has 0 amide bonds. The average molecular weight is 263 g/mol. The molecule has 0 N–H and O–H groups in total. The standard InChI is InChI=1S/C16H22FNO/c1-18(15-5-3-2-4-6-15)12-16(19)11-13-7-9-14(17)10-8-13/h7-10,15H,2-6,11-12H2,1H3. The zero-order chi connectivity index (χ0) is 13.7. The lowest BCUT2D eigenvalue weighted by Crippen LogP contribution is -2.37. The molecule has 1 saturated carbocycles. The number of rotatable bonds is 5. The van der Waals surface area contributed by atoms with E-state index in [9.17, 15) is 9.18 Å². The van der Waals surface area contributed by atoms with Crippen LogP contribution in [0.1, 0.15) is 37.7 Å². The van der Waals surface area contributed by atoms with Crippen LogP contribution < -0.4 is 0 Å². The molecule has 3 heteroatoms. The lowest BCUT2D eigenvalue weighted by molar-refractivity contribution is -0.119. The molecule has 0 atom stereocenters. The fraction of sp³-hybridized carbons (Fsp3) is 0.562. The molecule has 2 nitrogen and oxygen atoms in total. The van der Waals surface area contributed by atoms with E-state index in [2.05, 4.69) is 4.90 Å². The summed E-state index contributed by atoms with van der Waals surface area (Å²) in [5.74, 6) is -0.0461. The first-order chi connectivity index (χ1) is 9.15. The van der Waals surface area contributed by atoms with Crippen molar-refractivity contribution in [1.29, 1.82) is 0 Å². The third kappa shape index (κ3) is 4.43. The van der Waals surface area contributed by atoms with Crippen LogP contribution in [0.3, 0.4) is 0 Å². The van der Waals surface area contributed by atoms with E-state index in [1.54, 1.807) is 12.1 Å². The first-order valence-electron chi connectivity index (χ1n) is 7.11. The quantitative estimate of drug-likeness (QED) is 0.813. The summed E-state index contributed by atoms with van der Waals surface area (Å²) >= 11 is 0. The Labute approximate surface area is 114 Å². The maximum absolute atomic E-state index is 12.8. The van der Waals surface area contributed by atoms with Crippen molar-refractivity contribution in [3.63, 3.8) is 0 Å². The van der Waals surface area contributed by atoms with Gasteiger partial charge in [-0.15, -0.1) is 0 Å².